The number of carbonyl (C=O) groups excluding carboxylic acids is 2. The maximum absolute atomic E-state index is 11.6. The van der Waals surface area contributed by atoms with E-state index < -0.39 is 6.04 Å². The van der Waals surface area contributed by atoms with E-state index in [1.165, 1.54) is 26.4 Å². The summed E-state index contributed by atoms with van der Waals surface area (Å²) in [5.41, 5.74) is 5.23. The molecule has 1 rings (SSSR count). The molecule has 6 heteroatoms. The summed E-state index contributed by atoms with van der Waals surface area (Å²) in [5, 5.41) is 2.63. The van der Waals surface area contributed by atoms with Crippen LogP contribution in [0.5, 0.6) is 0 Å². The Hall–Kier alpha value is -0.810. The SMILES string of the molecule is COC(=O)[C@H](CC1CCCCC1)NC(=O)CN.Cl. The van der Waals surface area contributed by atoms with Crippen LogP contribution in [0.3, 0.4) is 0 Å². The molecule has 0 radical (unpaired) electrons. The molecule has 1 amide bonds. The molecule has 1 aliphatic carbocycles. The minimum atomic E-state index is -0.542. The van der Waals surface area contributed by atoms with Crippen LogP contribution in [-0.2, 0) is 14.3 Å². The first kappa shape index (κ1) is 17.2. The van der Waals surface area contributed by atoms with Gasteiger partial charge < -0.3 is 15.8 Å². The fourth-order valence-electron chi connectivity index (χ4n) is 2.37. The minimum absolute atomic E-state index is 0. The molecule has 1 fully saturated rings. The third kappa shape index (κ3) is 5.69. The Morgan fingerprint density at radius 1 is 1.33 bits per heavy atom. The molecule has 0 heterocycles. The Labute approximate surface area is 114 Å². The van der Waals surface area contributed by atoms with Crippen molar-refractivity contribution >= 4 is 24.3 Å². The van der Waals surface area contributed by atoms with Crippen LogP contribution in [0.25, 0.3) is 0 Å². The van der Waals surface area contributed by atoms with Gasteiger partial charge in [0.2, 0.25) is 5.91 Å². The number of ether oxygens (including phenoxy) is 1. The van der Waals surface area contributed by atoms with E-state index in [1.54, 1.807) is 0 Å². The first-order chi connectivity index (χ1) is 8.17. The topological polar surface area (TPSA) is 81.4 Å². The summed E-state index contributed by atoms with van der Waals surface area (Å²) in [5.74, 6) is -0.181. The summed E-state index contributed by atoms with van der Waals surface area (Å²) in [6.45, 7) is -0.0990. The first-order valence-electron chi connectivity index (χ1n) is 6.24. The summed E-state index contributed by atoms with van der Waals surface area (Å²) in [6.07, 6.45) is 6.62. The van der Waals surface area contributed by atoms with Crippen LogP contribution in [0, 0.1) is 5.92 Å². The van der Waals surface area contributed by atoms with Crippen molar-refractivity contribution < 1.29 is 14.3 Å². The molecule has 0 bridgehead atoms. The van der Waals surface area contributed by atoms with E-state index in [1.807, 2.05) is 0 Å². The molecule has 0 spiro atoms. The Morgan fingerprint density at radius 3 is 2.44 bits per heavy atom. The van der Waals surface area contributed by atoms with E-state index in [2.05, 4.69) is 5.32 Å². The summed E-state index contributed by atoms with van der Waals surface area (Å²) < 4.78 is 4.70. The van der Waals surface area contributed by atoms with Crippen molar-refractivity contribution in [3.8, 4) is 0 Å². The van der Waals surface area contributed by atoms with Gasteiger partial charge in [-0.05, 0) is 12.3 Å². The Balaban J connectivity index is 0.00000289. The van der Waals surface area contributed by atoms with E-state index in [9.17, 15) is 9.59 Å². The van der Waals surface area contributed by atoms with Crippen LogP contribution in [0.1, 0.15) is 38.5 Å². The summed E-state index contributed by atoms with van der Waals surface area (Å²) >= 11 is 0. The van der Waals surface area contributed by atoms with Gasteiger partial charge in [0.15, 0.2) is 0 Å². The standard InChI is InChI=1S/C12H22N2O3.ClH/c1-17-12(16)10(14-11(15)8-13)7-9-5-3-2-4-6-9;/h9-10H,2-8,13H2,1H3,(H,14,15);1H/t10-;/m0./s1. The molecular formula is C12H23ClN2O3. The zero-order chi connectivity index (χ0) is 12.7. The highest BCUT2D eigenvalue weighted by Gasteiger charge is 2.25. The van der Waals surface area contributed by atoms with Gasteiger partial charge in [-0.15, -0.1) is 12.4 Å². The second-order valence-electron chi connectivity index (χ2n) is 4.59. The average molecular weight is 279 g/mol. The minimum Gasteiger partial charge on any atom is -0.467 e. The number of nitrogens with one attached hydrogen (secondary N) is 1. The quantitative estimate of drug-likeness (QED) is 0.735. The fourth-order valence-corrected chi connectivity index (χ4v) is 2.37. The van der Waals surface area contributed by atoms with Crippen LogP contribution in [0.4, 0.5) is 0 Å². The summed E-state index contributed by atoms with van der Waals surface area (Å²) in [6, 6.07) is -0.542. The zero-order valence-corrected chi connectivity index (χ0v) is 11.6. The average Bonchev–Trinajstić information content (AvgIpc) is 2.38. The second kappa shape index (κ2) is 9.16. The highest BCUT2D eigenvalue weighted by Crippen LogP contribution is 2.27. The highest BCUT2D eigenvalue weighted by molar-refractivity contribution is 5.85. The summed E-state index contributed by atoms with van der Waals surface area (Å²) in [4.78, 5) is 22.8. The van der Waals surface area contributed by atoms with E-state index in [4.69, 9.17) is 10.5 Å². The van der Waals surface area contributed by atoms with E-state index >= 15 is 0 Å². The van der Waals surface area contributed by atoms with E-state index in [0.29, 0.717) is 12.3 Å². The van der Waals surface area contributed by atoms with Crippen molar-refractivity contribution in [1.82, 2.24) is 5.32 Å². The van der Waals surface area contributed by atoms with E-state index in [-0.39, 0.29) is 30.8 Å². The predicted octanol–water partition coefficient (Wildman–Crippen LogP) is 0.995. The number of hydrogen-bond acceptors (Lipinski definition) is 4. The number of nitrogens with two attached hydrogens (primary N) is 1. The fraction of sp³-hybridized carbons (Fsp3) is 0.833. The molecule has 0 unspecified atom stereocenters. The third-order valence-corrected chi connectivity index (χ3v) is 3.30. The number of methoxy groups -OCH3 is 1. The van der Waals surface area contributed by atoms with Crippen LogP contribution >= 0.6 is 12.4 Å². The Kier molecular flexibility index (Phi) is 8.75. The lowest BCUT2D eigenvalue weighted by atomic mass is 9.85. The number of halogens is 1. The Bertz CT molecular complexity index is 268. The summed E-state index contributed by atoms with van der Waals surface area (Å²) in [7, 11) is 1.34. The number of amides is 1. The van der Waals surface area contributed by atoms with Crippen LogP contribution in [0.2, 0.25) is 0 Å². The largest absolute Gasteiger partial charge is 0.467 e. The lowest BCUT2D eigenvalue weighted by molar-refractivity contribution is -0.145. The van der Waals surface area contributed by atoms with Gasteiger partial charge in [-0.3, -0.25) is 4.79 Å². The molecule has 0 aromatic heterocycles. The first-order valence-corrected chi connectivity index (χ1v) is 6.24. The van der Waals surface area contributed by atoms with Crippen molar-refractivity contribution in [3.63, 3.8) is 0 Å². The Morgan fingerprint density at radius 2 is 1.94 bits per heavy atom. The van der Waals surface area contributed by atoms with Gasteiger partial charge in [0.25, 0.3) is 0 Å². The van der Waals surface area contributed by atoms with Gasteiger partial charge in [-0.1, -0.05) is 32.1 Å². The maximum atomic E-state index is 11.6. The number of hydrogen-bond donors (Lipinski definition) is 2. The van der Waals surface area contributed by atoms with Crippen LogP contribution in [-0.4, -0.2) is 31.6 Å². The monoisotopic (exact) mass is 278 g/mol. The second-order valence-corrected chi connectivity index (χ2v) is 4.59. The lowest BCUT2D eigenvalue weighted by Gasteiger charge is -2.25. The number of rotatable bonds is 5. The molecule has 1 saturated carbocycles. The van der Waals surface area contributed by atoms with Crippen molar-refractivity contribution in [2.45, 2.75) is 44.6 Å². The molecule has 1 aliphatic rings. The molecule has 3 N–H and O–H groups in total. The molecule has 0 aromatic carbocycles. The van der Waals surface area contributed by atoms with Gasteiger partial charge in [-0.25, -0.2) is 4.79 Å². The zero-order valence-electron chi connectivity index (χ0n) is 10.8. The molecule has 0 saturated heterocycles. The third-order valence-electron chi connectivity index (χ3n) is 3.30. The van der Waals surface area contributed by atoms with Gasteiger partial charge in [-0.2, -0.15) is 0 Å². The molecule has 5 nitrogen and oxygen atoms in total. The van der Waals surface area contributed by atoms with Crippen molar-refractivity contribution in [2.24, 2.45) is 11.7 Å². The molecule has 0 aromatic rings. The predicted molar refractivity (Wildman–Crippen MR) is 71.4 cm³/mol. The van der Waals surface area contributed by atoms with Gasteiger partial charge in [0.1, 0.15) is 6.04 Å². The smallest absolute Gasteiger partial charge is 0.328 e. The van der Waals surface area contributed by atoms with Gasteiger partial charge in [0, 0.05) is 0 Å². The molecule has 106 valence electrons. The van der Waals surface area contributed by atoms with Crippen LogP contribution < -0.4 is 11.1 Å². The molecule has 1 atom stereocenters. The lowest BCUT2D eigenvalue weighted by Crippen LogP contribution is -2.45. The van der Waals surface area contributed by atoms with Crippen molar-refractivity contribution in [1.29, 1.82) is 0 Å². The van der Waals surface area contributed by atoms with Crippen LogP contribution in [0.15, 0.2) is 0 Å². The van der Waals surface area contributed by atoms with Crippen molar-refractivity contribution in [2.75, 3.05) is 13.7 Å². The molecular weight excluding hydrogens is 256 g/mol. The van der Waals surface area contributed by atoms with Gasteiger partial charge >= 0.3 is 5.97 Å². The number of esters is 1. The maximum Gasteiger partial charge on any atom is 0.328 e. The number of carbonyl (C=O) groups is 2. The molecule has 18 heavy (non-hydrogen) atoms. The van der Waals surface area contributed by atoms with E-state index in [0.717, 1.165) is 12.8 Å². The normalized spacial score (nSPS) is 17.4. The highest BCUT2D eigenvalue weighted by atomic mass is 35.5. The molecule has 0 aliphatic heterocycles. The van der Waals surface area contributed by atoms with Gasteiger partial charge in [0.05, 0.1) is 13.7 Å². The van der Waals surface area contributed by atoms with Crippen molar-refractivity contribution in [3.05, 3.63) is 0 Å².